The zero-order chi connectivity index (χ0) is 9.40. The molecular formula is C6H11N3O3. The standard InChI is InChI=1S/C6H11N3O3/c1-12-3-2-8-5-6(4-7)9(10)11/h4-5H,2-3,7H2,1H3/b6-4+,8-5?. The summed E-state index contributed by atoms with van der Waals surface area (Å²) in [5.41, 5.74) is 4.75. The van der Waals surface area contributed by atoms with E-state index in [9.17, 15) is 10.1 Å². The van der Waals surface area contributed by atoms with Gasteiger partial charge >= 0.3 is 5.70 Å². The quantitative estimate of drug-likeness (QED) is 0.269. The molecule has 0 radical (unpaired) electrons. The molecule has 0 amide bonds. The molecule has 0 aromatic carbocycles. The van der Waals surface area contributed by atoms with E-state index in [1.807, 2.05) is 0 Å². The Hall–Kier alpha value is -1.43. The van der Waals surface area contributed by atoms with Crippen LogP contribution in [0.25, 0.3) is 0 Å². The van der Waals surface area contributed by atoms with Crippen LogP contribution in [0, 0.1) is 10.1 Å². The fourth-order valence-electron chi connectivity index (χ4n) is 0.453. The number of hydrogen-bond acceptors (Lipinski definition) is 5. The van der Waals surface area contributed by atoms with Crippen molar-refractivity contribution in [3.05, 3.63) is 22.0 Å². The molecule has 12 heavy (non-hydrogen) atoms. The van der Waals surface area contributed by atoms with E-state index in [0.29, 0.717) is 13.2 Å². The number of ether oxygens (including phenoxy) is 1. The second kappa shape index (κ2) is 6.29. The first kappa shape index (κ1) is 10.6. The molecule has 2 N–H and O–H groups in total. The van der Waals surface area contributed by atoms with Crippen molar-refractivity contribution in [2.75, 3.05) is 20.3 Å². The lowest BCUT2D eigenvalue weighted by Crippen LogP contribution is -2.04. The maximum absolute atomic E-state index is 10.1. The van der Waals surface area contributed by atoms with Crippen LogP contribution >= 0.6 is 0 Å². The van der Waals surface area contributed by atoms with E-state index in [2.05, 4.69) is 9.73 Å². The van der Waals surface area contributed by atoms with Crippen LogP contribution in [0.15, 0.2) is 16.9 Å². The van der Waals surface area contributed by atoms with Crippen molar-refractivity contribution >= 4 is 6.21 Å². The van der Waals surface area contributed by atoms with Gasteiger partial charge < -0.3 is 10.5 Å². The van der Waals surface area contributed by atoms with Gasteiger partial charge in [0.2, 0.25) is 0 Å². The molecular weight excluding hydrogens is 162 g/mol. The highest BCUT2D eigenvalue weighted by atomic mass is 16.6. The lowest BCUT2D eigenvalue weighted by Gasteiger charge is -1.91. The Morgan fingerprint density at radius 3 is 2.92 bits per heavy atom. The third kappa shape index (κ3) is 4.40. The van der Waals surface area contributed by atoms with Gasteiger partial charge in [0.15, 0.2) is 0 Å². The highest BCUT2D eigenvalue weighted by molar-refractivity contribution is 5.74. The first-order valence-corrected chi connectivity index (χ1v) is 3.27. The minimum absolute atomic E-state index is 0.217. The average molecular weight is 173 g/mol. The van der Waals surface area contributed by atoms with Gasteiger partial charge in [0.05, 0.1) is 24.3 Å². The summed E-state index contributed by atoms with van der Waals surface area (Å²) in [6.07, 6.45) is 2.01. The van der Waals surface area contributed by atoms with E-state index < -0.39 is 4.92 Å². The van der Waals surface area contributed by atoms with Gasteiger partial charge in [-0.3, -0.25) is 15.1 Å². The molecule has 6 heteroatoms. The van der Waals surface area contributed by atoms with E-state index in [1.165, 1.54) is 7.11 Å². The van der Waals surface area contributed by atoms with Crippen LogP contribution in [0.5, 0.6) is 0 Å². The Morgan fingerprint density at radius 1 is 1.83 bits per heavy atom. The first-order chi connectivity index (χ1) is 5.72. The predicted molar refractivity (Wildman–Crippen MR) is 44.5 cm³/mol. The second-order valence-electron chi connectivity index (χ2n) is 1.88. The van der Waals surface area contributed by atoms with Gasteiger partial charge in [0.1, 0.15) is 6.21 Å². The molecule has 68 valence electrons. The van der Waals surface area contributed by atoms with Crippen LogP contribution < -0.4 is 5.73 Å². The number of allylic oxidation sites excluding steroid dienone is 1. The predicted octanol–water partition coefficient (Wildman–Crippen LogP) is -0.220. The molecule has 0 spiro atoms. The third-order valence-corrected chi connectivity index (χ3v) is 1.03. The molecule has 0 bridgehead atoms. The lowest BCUT2D eigenvalue weighted by molar-refractivity contribution is -0.414. The number of aliphatic imine (C=N–C) groups is 1. The molecule has 0 aliphatic rings. The Bertz CT molecular complexity index is 200. The van der Waals surface area contributed by atoms with E-state index in [-0.39, 0.29) is 5.70 Å². The summed E-state index contributed by atoms with van der Waals surface area (Å²) < 4.78 is 4.68. The van der Waals surface area contributed by atoms with E-state index in [4.69, 9.17) is 5.73 Å². The van der Waals surface area contributed by atoms with E-state index in [0.717, 1.165) is 12.4 Å². The molecule has 0 aromatic heterocycles. The Balaban J connectivity index is 3.87. The molecule has 0 heterocycles. The minimum Gasteiger partial charge on any atom is -0.399 e. The summed E-state index contributed by atoms with van der Waals surface area (Å²) in [5, 5.41) is 10.1. The normalized spacial score (nSPS) is 12.2. The van der Waals surface area contributed by atoms with Crippen molar-refractivity contribution in [2.24, 2.45) is 10.7 Å². The van der Waals surface area contributed by atoms with Crippen LogP contribution in [-0.4, -0.2) is 31.4 Å². The van der Waals surface area contributed by atoms with Gasteiger partial charge in [0, 0.05) is 7.11 Å². The molecule has 0 aliphatic carbocycles. The largest absolute Gasteiger partial charge is 0.399 e. The number of nitrogens with zero attached hydrogens (tertiary/aromatic N) is 2. The van der Waals surface area contributed by atoms with Crippen LogP contribution in [0.1, 0.15) is 0 Å². The topological polar surface area (TPSA) is 90.8 Å². The monoisotopic (exact) mass is 173 g/mol. The van der Waals surface area contributed by atoms with Crippen molar-refractivity contribution in [3.63, 3.8) is 0 Å². The van der Waals surface area contributed by atoms with Gasteiger partial charge in [-0.25, -0.2) is 0 Å². The molecule has 0 saturated heterocycles. The molecule has 0 aliphatic heterocycles. The first-order valence-electron chi connectivity index (χ1n) is 3.27. The van der Waals surface area contributed by atoms with Crippen molar-refractivity contribution in [3.8, 4) is 0 Å². The lowest BCUT2D eigenvalue weighted by atomic mass is 10.5. The Kier molecular flexibility index (Phi) is 5.54. The second-order valence-corrected chi connectivity index (χ2v) is 1.88. The highest BCUT2D eigenvalue weighted by Gasteiger charge is 2.03. The van der Waals surface area contributed by atoms with Crippen LogP contribution in [0.2, 0.25) is 0 Å². The maximum atomic E-state index is 10.1. The number of nitro groups is 1. The molecule has 0 aromatic rings. The Morgan fingerprint density at radius 2 is 2.50 bits per heavy atom. The SMILES string of the molecule is COCCN=C/C(=C\N)[N+](=O)[O-]. The van der Waals surface area contributed by atoms with Crippen LogP contribution in [0.3, 0.4) is 0 Å². The molecule has 0 fully saturated rings. The van der Waals surface area contributed by atoms with Crippen molar-refractivity contribution < 1.29 is 9.66 Å². The molecule has 6 nitrogen and oxygen atoms in total. The summed E-state index contributed by atoms with van der Waals surface area (Å²) in [4.78, 5) is 13.2. The minimum atomic E-state index is -0.601. The zero-order valence-corrected chi connectivity index (χ0v) is 6.77. The fourth-order valence-corrected chi connectivity index (χ4v) is 0.453. The third-order valence-electron chi connectivity index (χ3n) is 1.03. The summed E-state index contributed by atoms with van der Waals surface area (Å²) in [7, 11) is 1.53. The smallest absolute Gasteiger partial charge is 0.302 e. The van der Waals surface area contributed by atoms with Gasteiger partial charge in [-0.05, 0) is 0 Å². The number of rotatable bonds is 5. The molecule has 0 rings (SSSR count). The van der Waals surface area contributed by atoms with E-state index in [1.54, 1.807) is 0 Å². The Labute approximate surface area is 69.9 Å². The van der Waals surface area contributed by atoms with Crippen molar-refractivity contribution in [1.29, 1.82) is 0 Å². The highest BCUT2D eigenvalue weighted by Crippen LogP contribution is 1.87. The van der Waals surface area contributed by atoms with Crippen molar-refractivity contribution in [1.82, 2.24) is 0 Å². The van der Waals surface area contributed by atoms with E-state index >= 15 is 0 Å². The van der Waals surface area contributed by atoms with Crippen LogP contribution in [0.4, 0.5) is 0 Å². The van der Waals surface area contributed by atoms with Gasteiger partial charge in [-0.15, -0.1) is 0 Å². The van der Waals surface area contributed by atoms with Gasteiger partial charge in [-0.1, -0.05) is 0 Å². The number of nitrogens with two attached hydrogens (primary N) is 1. The maximum Gasteiger partial charge on any atom is 0.302 e. The summed E-state index contributed by atoms with van der Waals surface area (Å²) in [6.45, 7) is 0.827. The van der Waals surface area contributed by atoms with Crippen molar-refractivity contribution in [2.45, 2.75) is 0 Å². The summed E-state index contributed by atoms with van der Waals surface area (Å²) in [5.74, 6) is 0. The van der Waals surface area contributed by atoms with Crippen LogP contribution in [-0.2, 0) is 4.74 Å². The summed E-state index contributed by atoms with van der Waals surface area (Å²) in [6, 6.07) is 0. The number of hydrogen-bond donors (Lipinski definition) is 1. The molecule has 0 atom stereocenters. The summed E-state index contributed by atoms with van der Waals surface area (Å²) >= 11 is 0. The average Bonchev–Trinajstić information content (AvgIpc) is 2.04. The molecule has 0 saturated carbocycles. The molecule has 0 unspecified atom stereocenters. The number of methoxy groups -OCH3 is 1. The van der Waals surface area contributed by atoms with Gasteiger partial charge in [0.25, 0.3) is 0 Å². The van der Waals surface area contributed by atoms with Gasteiger partial charge in [-0.2, -0.15) is 0 Å². The zero-order valence-electron chi connectivity index (χ0n) is 6.77. The fraction of sp³-hybridized carbons (Fsp3) is 0.500.